The molecule has 4 heteroatoms. The number of hydrogen-bond acceptors (Lipinski definition) is 4. The van der Waals surface area contributed by atoms with E-state index in [4.69, 9.17) is 4.74 Å². The fraction of sp³-hybridized carbons (Fsp3) is 0.423. The van der Waals surface area contributed by atoms with Gasteiger partial charge in [0.15, 0.2) is 0 Å². The first-order valence-corrected chi connectivity index (χ1v) is 10.7. The lowest BCUT2D eigenvalue weighted by Crippen LogP contribution is -2.46. The molecule has 0 spiro atoms. The third-order valence-electron chi connectivity index (χ3n) is 7.30. The van der Waals surface area contributed by atoms with Crippen LogP contribution in [0, 0.1) is 40.4 Å². The van der Waals surface area contributed by atoms with Gasteiger partial charge in [-0.1, -0.05) is 44.2 Å². The summed E-state index contributed by atoms with van der Waals surface area (Å²) in [5, 5.41) is 9.33. The lowest BCUT2D eigenvalue weighted by atomic mass is 9.55. The van der Waals surface area contributed by atoms with Crippen molar-refractivity contribution in [2.45, 2.75) is 40.2 Å². The van der Waals surface area contributed by atoms with Crippen molar-refractivity contribution >= 4 is 12.0 Å². The van der Waals surface area contributed by atoms with Crippen LogP contribution < -0.4 is 0 Å². The van der Waals surface area contributed by atoms with Crippen LogP contribution in [0.2, 0.25) is 0 Å². The predicted octanol–water partition coefficient (Wildman–Crippen LogP) is 5.49. The molecule has 1 aromatic heterocycles. The Morgan fingerprint density at radius 1 is 1.20 bits per heavy atom. The molecule has 0 radical (unpaired) electrons. The third kappa shape index (κ3) is 3.33. The van der Waals surface area contributed by atoms with Crippen molar-refractivity contribution in [3.63, 3.8) is 0 Å². The number of esters is 1. The fourth-order valence-electron chi connectivity index (χ4n) is 5.55. The van der Waals surface area contributed by atoms with Gasteiger partial charge in [0.05, 0.1) is 22.7 Å². The Morgan fingerprint density at radius 3 is 2.67 bits per heavy atom. The second-order valence-corrected chi connectivity index (χ2v) is 9.16. The van der Waals surface area contributed by atoms with Crippen molar-refractivity contribution in [2.24, 2.45) is 29.1 Å². The molecule has 1 aliphatic carbocycles. The van der Waals surface area contributed by atoms with E-state index < -0.39 is 5.41 Å². The first kappa shape index (κ1) is 20.3. The van der Waals surface area contributed by atoms with Gasteiger partial charge in [-0.25, -0.2) is 0 Å². The van der Waals surface area contributed by atoms with Gasteiger partial charge in [0.1, 0.15) is 6.10 Å². The summed E-state index contributed by atoms with van der Waals surface area (Å²) in [6.45, 7) is 8.62. The number of carbonyl (C=O) groups is 1. The lowest BCUT2D eigenvalue weighted by molar-refractivity contribution is -0.149. The first-order chi connectivity index (χ1) is 14.3. The fourth-order valence-corrected chi connectivity index (χ4v) is 5.55. The van der Waals surface area contributed by atoms with E-state index in [1.807, 2.05) is 49.5 Å². The number of allylic oxidation sites excluding steroid dienone is 1. The smallest absolute Gasteiger partial charge is 0.312 e. The van der Waals surface area contributed by atoms with Crippen molar-refractivity contribution in [1.82, 2.24) is 4.98 Å². The Labute approximate surface area is 178 Å². The maximum absolute atomic E-state index is 12.6. The molecule has 2 aromatic rings. The summed E-state index contributed by atoms with van der Waals surface area (Å²) in [5.74, 6) is 1.33. The minimum atomic E-state index is -0.404. The van der Waals surface area contributed by atoms with Gasteiger partial charge in [0.25, 0.3) is 0 Å². The second kappa shape index (κ2) is 7.72. The average molecular weight is 401 g/mol. The Hall–Kier alpha value is -2.93. The van der Waals surface area contributed by atoms with Crippen LogP contribution in [0.5, 0.6) is 0 Å². The molecule has 2 aliphatic rings. The van der Waals surface area contributed by atoms with Crippen molar-refractivity contribution < 1.29 is 9.53 Å². The Morgan fingerprint density at radius 2 is 1.97 bits per heavy atom. The van der Waals surface area contributed by atoms with E-state index in [0.717, 1.165) is 23.2 Å². The molecule has 154 valence electrons. The molecule has 1 aromatic carbocycles. The van der Waals surface area contributed by atoms with Gasteiger partial charge in [-0.2, -0.15) is 5.26 Å². The number of ether oxygens (including phenoxy) is 1. The van der Waals surface area contributed by atoms with E-state index in [1.165, 1.54) is 0 Å². The largest absolute Gasteiger partial charge is 0.462 e. The topological polar surface area (TPSA) is 63.0 Å². The van der Waals surface area contributed by atoms with E-state index in [-0.39, 0.29) is 23.9 Å². The molecule has 6 unspecified atom stereocenters. The van der Waals surface area contributed by atoms with Crippen molar-refractivity contribution in [3.05, 3.63) is 59.9 Å². The van der Waals surface area contributed by atoms with Crippen LogP contribution >= 0.6 is 0 Å². The maximum Gasteiger partial charge on any atom is 0.312 e. The second-order valence-electron chi connectivity index (χ2n) is 9.16. The Bertz CT molecular complexity index is 1020. The number of hydrogen-bond donors (Lipinski definition) is 0. The van der Waals surface area contributed by atoms with Crippen LogP contribution in [0.25, 0.3) is 17.2 Å². The molecule has 2 heterocycles. The highest BCUT2D eigenvalue weighted by Crippen LogP contribution is 2.56. The molecule has 2 fully saturated rings. The zero-order valence-corrected chi connectivity index (χ0v) is 18.0. The minimum Gasteiger partial charge on any atom is -0.462 e. The highest BCUT2D eigenvalue weighted by Gasteiger charge is 2.59. The van der Waals surface area contributed by atoms with E-state index in [0.29, 0.717) is 17.4 Å². The van der Waals surface area contributed by atoms with Crippen LogP contribution in [-0.2, 0) is 9.53 Å². The molecule has 4 nitrogen and oxygen atoms in total. The van der Waals surface area contributed by atoms with Crippen LogP contribution in [0.1, 0.15) is 45.4 Å². The highest BCUT2D eigenvalue weighted by molar-refractivity contribution is 5.79. The van der Waals surface area contributed by atoms with Crippen LogP contribution in [0.4, 0.5) is 0 Å². The zero-order chi connectivity index (χ0) is 21.5. The number of rotatable bonds is 3. The van der Waals surface area contributed by atoms with Crippen LogP contribution in [0.15, 0.2) is 48.7 Å². The number of nitriles is 1. The summed E-state index contributed by atoms with van der Waals surface area (Å²) < 4.78 is 5.66. The Balaban J connectivity index is 1.60. The van der Waals surface area contributed by atoms with Crippen molar-refractivity contribution in [2.75, 3.05) is 0 Å². The molecule has 0 bridgehead atoms. The van der Waals surface area contributed by atoms with E-state index in [2.05, 4.69) is 44.0 Å². The van der Waals surface area contributed by atoms with Gasteiger partial charge in [0.2, 0.25) is 0 Å². The van der Waals surface area contributed by atoms with Gasteiger partial charge in [0, 0.05) is 23.2 Å². The molecule has 1 saturated carbocycles. The average Bonchev–Trinajstić information content (AvgIpc) is 2.97. The summed E-state index contributed by atoms with van der Waals surface area (Å²) in [6.07, 6.45) is 6.93. The summed E-state index contributed by atoms with van der Waals surface area (Å²) >= 11 is 0. The Kier molecular flexibility index (Phi) is 5.24. The number of benzene rings is 1. The van der Waals surface area contributed by atoms with E-state index in [1.54, 1.807) is 0 Å². The zero-order valence-electron chi connectivity index (χ0n) is 18.0. The minimum absolute atomic E-state index is 0.0456. The predicted molar refractivity (Wildman–Crippen MR) is 117 cm³/mol. The van der Waals surface area contributed by atoms with Crippen LogP contribution in [0.3, 0.4) is 0 Å². The number of cyclic esters (lactones) is 1. The quantitative estimate of drug-likeness (QED) is 0.639. The van der Waals surface area contributed by atoms with E-state index >= 15 is 0 Å². The number of nitrogens with zero attached hydrogens (tertiary/aromatic N) is 2. The molecule has 6 atom stereocenters. The van der Waals surface area contributed by atoms with Crippen molar-refractivity contribution in [3.8, 4) is 17.2 Å². The molecule has 0 N–H and O–H groups in total. The van der Waals surface area contributed by atoms with Gasteiger partial charge in [-0.15, -0.1) is 0 Å². The first-order valence-electron chi connectivity index (χ1n) is 10.7. The molecule has 4 rings (SSSR count). The monoisotopic (exact) mass is 400 g/mol. The summed E-state index contributed by atoms with van der Waals surface area (Å²) in [6, 6.07) is 13.8. The SMILES string of the molecule is CC1CC2(C)C(=O)OC(C)C2C(/C=C/c2ccc(-c3ccccc3C#N)cn2)C1C. The lowest BCUT2D eigenvalue weighted by Gasteiger charge is -2.45. The number of pyridine rings is 1. The maximum atomic E-state index is 12.6. The molecular weight excluding hydrogens is 372 g/mol. The number of carbonyl (C=O) groups excluding carboxylic acids is 1. The summed E-state index contributed by atoms with van der Waals surface area (Å²) in [4.78, 5) is 17.2. The summed E-state index contributed by atoms with van der Waals surface area (Å²) in [5.41, 5.74) is 2.94. The molecular formula is C26H28N2O2. The third-order valence-corrected chi connectivity index (χ3v) is 7.30. The molecule has 1 aliphatic heterocycles. The van der Waals surface area contributed by atoms with E-state index in [9.17, 15) is 10.1 Å². The van der Waals surface area contributed by atoms with Gasteiger partial charge >= 0.3 is 5.97 Å². The standard InChI is InChI=1S/C26H28N2O2/c1-16-13-26(4)24(18(3)30-25(26)29)22(17(16)2)12-11-21-10-9-20(15-28-21)23-8-6-5-7-19(23)14-27/h5-12,15-18,22,24H,13H2,1-4H3/b12-11+. The highest BCUT2D eigenvalue weighted by atomic mass is 16.6. The van der Waals surface area contributed by atoms with Gasteiger partial charge < -0.3 is 4.74 Å². The van der Waals surface area contributed by atoms with Gasteiger partial charge in [-0.05, 0) is 56.2 Å². The van der Waals surface area contributed by atoms with Crippen LogP contribution in [-0.4, -0.2) is 17.1 Å². The van der Waals surface area contributed by atoms with Crippen molar-refractivity contribution in [1.29, 1.82) is 5.26 Å². The normalized spacial score (nSPS) is 33.2. The molecule has 1 saturated heterocycles. The number of fused-ring (bicyclic) bond motifs is 1. The summed E-state index contributed by atoms with van der Waals surface area (Å²) in [7, 11) is 0. The number of aromatic nitrogens is 1. The molecule has 30 heavy (non-hydrogen) atoms. The molecule has 0 amide bonds. The van der Waals surface area contributed by atoms with Gasteiger partial charge in [-0.3, -0.25) is 9.78 Å².